The fraction of sp³-hybridized carbons (Fsp3) is 0.294. The Morgan fingerprint density at radius 3 is 2.50 bits per heavy atom. The molecule has 0 unspecified atom stereocenters. The molecule has 0 spiro atoms. The van der Waals surface area contributed by atoms with E-state index in [1.807, 2.05) is 0 Å². The molecule has 1 saturated heterocycles. The summed E-state index contributed by atoms with van der Waals surface area (Å²) in [6.45, 7) is 0.271. The standard InChI is InChI=1S/C17H18N2O5S2/c20-15(21)11-13(12-5-2-1-3-6-12)18-17(22)14-8-9-19(14)26(23,24)16-7-4-10-25-16/h1-7,10,13-14H,8-9,11H2,(H,18,22)(H,20,21)/t13-,14+/m1/s1. The van der Waals surface area contributed by atoms with E-state index in [-0.39, 0.29) is 17.2 Å². The largest absolute Gasteiger partial charge is 0.481 e. The van der Waals surface area contributed by atoms with Gasteiger partial charge in [-0.3, -0.25) is 9.59 Å². The summed E-state index contributed by atoms with van der Waals surface area (Å²) in [6, 6.07) is 10.4. The summed E-state index contributed by atoms with van der Waals surface area (Å²) in [5, 5.41) is 13.5. The quantitative estimate of drug-likeness (QED) is 0.746. The Balaban J connectivity index is 1.75. The van der Waals surface area contributed by atoms with E-state index in [9.17, 15) is 18.0 Å². The number of benzene rings is 1. The van der Waals surface area contributed by atoms with Crippen LogP contribution in [0.15, 0.2) is 52.1 Å². The van der Waals surface area contributed by atoms with Gasteiger partial charge in [-0.1, -0.05) is 36.4 Å². The third kappa shape index (κ3) is 3.79. The Labute approximate surface area is 155 Å². The Bertz CT molecular complexity index is 881. The molecule has 0 saturated carbocycles. The van der Waals surface area contributed by atoms with Crippen LogP contribution in [0.3, 0.4) is 0 Å². The molecule has 1 amide bonds. The van der Waals surface area contributed by atoms with Gasteiger partial charge in [0.05, 0.1) is 12.5 Å². The van der Waals surface area contributed by atoms with Crippen molar-refractivity contribution >= 4 is 33.2 Å². The van der Waals surface area contributed by atoms with Gasteiger partial charge in [0.2, 0.25) is 5.91 Å². The van der Waals surface area contributed by atoms with E-state index in [0.29, 0.717) is 12.0 Å². The molecule has 3 rings (SSSR count). The summed E-state index contributed by atoms with van der Waals surface area (Å²) in [4.78, 5) is 23.8. The normalized spacial score (nSPS) is 18.7. The molecule has 1 aromatic carbocycles. The molecule has 1 aliphatic heterocycles. The molecule has 0 radical (unpaired) electrons. The van der Waals surface area contributed by atoms with E-state index in [2.05, 4.69) is 5.32 Å². The number of carboxylic acids is 1. The molecule has 0 bridgehead atoms. The molecule has 138 valence electrons. The molecule has 0 aliphatic carbocycles. The molecule has 2 N–H and O–H groups in total. The number of aliphatic carboxylic acids is 1. The van der Waals surface area contributed by atoms with Crippen molar-refractivity contribution in [1.82, 2.24) is 9.62 Å². The summed E-state index contributed by atoms with van der Waals surface area (Å²) < 4.78 is 26.5. The van der Waals surface area contributed by atoms with Gasteiger partial charge in [0, 0.05) is 6.54 Å². The van der Waals surface area contributed by atoms with Crippen molar-refractivity contribution in [1.29, 1.82) is 0 Å². The van der Waals surface area contributed by atoms with Gasteiger partial charge in [-0.15, -0.1) is 11.3 Å². The molecule has 2 atom stereocenters. The highest BCUT2D eigenvalue weighted by atomic mass is 32.2. The first-order valence-corrected chi connectivity index (χ1v) is 10.3. The topological polar surface area (TPSA) is 104 Å². The predicted molar refractivity (Wildman–Crippen MR) is 96.2 cm³/mol. The number of sulfonamides is 1. The van der Waals surface area contributed by atoms with Crippen LogP contribution in [0.2, 0.25) is 0 Å². The zero-order valence-corrected chi connectivity index (χ0v) is 15.4. The van der Waals surface area contributed by atoms with Crippen LogP contribution in [-0.4, -0.2) is 42.3 Å². The summed E-state index contributed by atoms with van der Waals surface area (Å²) in [7, 11) is -3.70. The smallest absolute Gasteiger partial charge is 0.305 e. The molecular formula is C17H18N2O5S2. The summed E-state index contributed by atoms with van der Waals surface area (Å²) >= 11 is 1.10. The van der Waals surface area contributed by atoms with Gasteiger partial charge in [-0.25, -0.2) is 8.42 Å². The number of thiophene rings is 1. The number of nitrogens with zero attached hydrogens (tertiary/aromatic N) is 1. The number of amides is 1. The van der Waals surface area contributed by atoms with Crippen molar-refractivity contribution in [3.63, 3.8) is 0 Å². The molecule has 7 nitrogen and oxygen atoms in total. The first-order chi connectivity index (χ1) is 12.4. The average Bonchev–Trinajstić information content (AvgIpc) is 3.08. The molecule has 2 aromatic rings. The minimum Gasteiger partial charge on any atom is -0.481 e. The highest BCUT2D eigenvalue weighted by Gasteiger charge is 2.43. The summed E-state index contributed by atoms with van der Waals surface area (Å²) in [5.41, 5.74) is 0.662. The lowest BCUT2D eigenvalue weighted by Gasteiger charge is -2.38. The van der Waals surface area contributed by atoms with E-state index in [0.717, 1.165) is 15.6 Å². The first kappa shape index (κ1) is 18.6. The minimum atomic E-state index is -3.70. The van der Waals surface area contributed by atoms with Crippen LogP contribution >= 0.6 is 11.3 Å². The fourth-order valence-corrected chi connectivity index (χ4v) is 5.57. The maximum absolute atomic E-state index is 12.6. The first-order valence-electron chi connectivity index (χ1n) is 8.02. The highest BCUT2D eigenvalue weighted by molar-refractivity contribution is 7.91. The maximum atomic E-state index is 12.6. The monoisotopic (exact) mass is 394 g/mol. The van der Waals surface area contributed by atoms with Crippen molar-refractivity contribution in [2.45, 2.75) is 29.1 Å². The number of carbonyl (C=O) groups excluding carboxylic acids is 1. The van der Waals surface area contributed by atoms with Crippen molar-refractivity contribution in [2.75, 3.05) is 6.54 Å². The number of rotatable bonds is 7. The van der Waals surface area contributed by atoms with Crippen LogP contribution in [0, 0.1) is 0 Å². The Morgan fingerprint density at radius 1 is 1.23 bits per heavy atom. The van der Waals surface area contributed by atoms with Crippen LogP contribution in [0.4, 0.5) is 0 Å². The van der Waals surface area contributed by atoms with Crippen molar-refractivity contribution < 1.29 is 23.1 Å². The van der Waals surface area contributed by atoms with Crippen molar-refractivity contribution in [3.05, 3.63) is 53.4 Å². The number of hydrogen-bond acceptors (Lipinski definition) is 5. The molecule has 2 heterocycles. The van der Waals surface area contributed by atoms with Crippen LogP contribution in [0.5, 0.6) is 0 Å². The van der Waals surface area contributed by atoms with Crippen LogP contribution in [0.1, 0.15) is 24.4 Å². The molecular weight excluding hydrogens is 376 g/mol. The van der Waals surface area contributed by atoms with Crippen molar-refractivity contribution in [2.24, 2.45) is 0 Å². The lowest BCUT2D eigenvalue weighted by atomic mass is 10.0. The number of carbonyl (C=O) groups is 2. The van der Waals surface area contributed by atoms with Gasteiger partial charge in [0.25, 0.3) is 10.0 Å². The van der Waals surface area contributed by atoms with E-state index >= 15 is 0 Å². The number of hydrogen-bond donors (Lipinski definition) is 2. The highest BCUT2D eigenvalue weighted by Crippen LogP contribution is 2.30. The third-order valence-corrected chi connectivity index (χ3v) is 7.51. The predicted octanol–water partition coefficient (Wildman–Crippen LogP) is 1.84. The van der Waals surface area contributed by atoms with Gasteiger partial charge in [-0.2, -0.15) is 4.31 Å². The molecule has 26 heavy (non-hydrogen) atoms. The van der Waals surface area contributed by atoms with Gasteiger partial charge in [0.1, 0.15) is 10.3 Å². The molecule has 1 aliphatic rings. The van der Waals surface area contributed by atoms with Crippen LogP contribution in [0.25, 0.3) is 0 Å². The van der Waals surface area contributed by atoms with Gasteiger partial charge >= 0.3 is 5.97 Å². The Hall–Kier alpha value is -2.23. The lowest BCUT2D eigenvalue weighted by Crippen LogP contribution is -2.58. The summed E-state index contributed by atoms with van der Waals surface area (Å²) in [5.74, 6) is -1.53. The van der Waals surface area contributed by atoms with E-state index in [1.54, 1.807) is 41.8 Å². The van der Waals surface area contributed by atoms with Gasteiger partial charge in [-0.05, 0) is 23.4 Å². The van der Waals surface area contributed by atoms with Crippen molar-refractivity contribution in [3.8, 4) is 0 Å². The summed E-state index contributed by atoms with van der Waals surface area (Å²) in [6.07, 6.45) is 0.130. The third-order valence-electron chi connectivity index (χ3n) is 4.23. The van der Waals surface area contributed by atoms with E-state index in [1.165, 1.54) is 6.07 Å². The fourth-order valence-electron chi connectivity index (χ4n) is 2.82. The molecule has 1 aromatic heterocycles. The Kier molecular flexibility index (Phi) is 5.40. The van der Waals surface area contributed by atoms with Crippen LogP contribution in [-0.2, 0) is 19.6 Å². The van der Waals surface area contributed by atoms with E-state index < -0.39 is 34.0 Å². The molecule has 1 fully saturated rings. The zero-order valence-electron chi connectivity index (χ0n) is 13.7. The SMILES string of the molecule is O=C(O)C[C@@H](NC(=O)[C@@H]1CCN1S(=O)(=O)c1cccs1)c1ccccc1. The van der Waals surface area contributed by atoms with E-state index in [4.69, 9.17) is 5.11 Å². The average molecular weight is 394 g/mol. The van der Waals surface area contributed by atoms with Gasteiger partial charge in [0.15, 0.2) is 0 Å². The zero-order chi connectivity index (χ0) is 18.7. The number of nitrogens with one attached hydrogen (secondary N) is 1. The van der Waals surface area contributed by atoms with Crippen LogP contribution < -0.4 is 5.32 Å². The van der Waals surface area contributed by atoms with Gasteiger partial charge < -0.3 is 10.4 Å². The second kappa shape index (κ2) is 7.56. The maximum Gasteiger partial charge on any atom is 0.305 e. The second-order valence-electron chi connectivity index (χ2n) is 5.92. The number of carboxylic acid groups (broad SMARTS) is 1. The lowest BCUT2D eigenvalue weighted by molar-refractivity contribution is -0.138. The Morgan fingerprint density at radius 2 is 1.96 bits per heavy atom. The second-order valence-corrected chi connectivity index (χ2v) is 8.99. The molecule has 9 heteroatoms. The minimum absolute atomic E-state index is 0.195.